The number of phenols is 2. The third-order valence-corrected chi connectivity index (χ3v) is 4.19. The van der Waals surface area contributed by atoms with Crippen LogP contribution in [0.5, 0.6) is 28.7 Å². The van der Waals surface area contributed by atoms with Gasteiger partial charge in [-0.05, 0) is 43.2 Å². The van der Waals surface area contributed by atoms with Gasteiger partial charge in [-0.3, -0.25) is 0 Å². The van der Waals surface area contributed by atoms with Crippen molar-refractivity contribution in [2.45, 2.75) is 13.8 Å². The van der Waals surface area contributed by atoms with Gasteiger partial charge in [0, 0.05) is 12.6 Å². The number of esters is 1. The number of phenolic OH excluding ortho intramolecular Hbond substituents is 2. The Morgan fingerprint density at radius 1 is 0.935 bits per heavy atom. The number of aryl methyl sites for hydroxylation is 2. The third-order valence-electron chi connectivity index (χ3n) is 4.19. The zero-order valence-corrected chi connectivity index (χ0v) is 18.0. The van der Waals surface area contributed by atoms with E-state index in [-0.39, 0.29) is 47.5 Å². The molecule has 2 aromatic rings. The van der Waals surface area contributed by atoms with Crippen LogP contribution in [0.2, 0.25) is 0 Å². The highest BCUT2D eigenvalue weighted by molar-refractivity contribution is 5.94. The second kappa shape index (κ2) is 12.0. The molecule has 0 aliphatic rings. The number of benzene rings is 2. The summed E-state index contributed by atoms with van der Waals surface area (Å²) in [5, 5.41) is 20.5. The van der Waals surface area contributed by atoms with Crippen LogP contribution in [-0.4, -0.2) is 62.9 Å². The molecular weight excluding hydrogens is 406 g/mol. The number of methoxy groups -OCH3 is 1. The molecule has 0 heterocycles. The quantitative estimate of drug-likeness (QED) is 0.340. The average molecular weight is 435 g/mol. The molecule has 31 heavy (non-hydrogen) atoms. The first-order valence-electron chi connectivity index (χ1n) is 9.79. The summed E-state index contributed by atoms with van der Waals surface area (Å²) < 4.78 is 26.8. The van der Waals surface area contributed by atoms with Crippen LogP contribution in [0.3, 0.4) is 0 Å². The van der Waals surface area contributed by atoms with E-state index in [1.165, 1.54) is 13.2 Å². The number of nitrogens with two attached hydrogens (primary N) is 1. The highest BCUT2D eigenvalue weighted by Crippen LogP contribution is 2.41. The lowest BCUT2D eigenvalue weighted by Gasteiger charge is -2.16. The molecule has 0 saturated heterocycles. The molecule has 170 valence electrons. The second-order valence-corrected chi connectivity index (χ2v) is 6.70. The Morgan fingerprint density at radius 2 is 1.61 bits per heavy atom. The van der Waals surface area contributed by atoms with Crippen LogP contribution in [0.4, 0.5) is 0 Å². The van der Waals surface area contributed by atoms with E-state index in [1.54, 1.807) is 32.0 Å². The first-order valence-corrected chi connectivity index (χ1v) is 9.79. The van der Waals surface area contributed by atoms with Gasteiger partial charge in [0.1, 0.15) is 23.7 Å². The van der Waals surface area contributed by atoms with Crippen LogP contribution in [-0.2, 0) is 14.2 Å². The van der Waals surface area contributed by atoms with E-state index in [1.807, 2.05) is 0 Å². The predicted molar refractivity (Wildman–Crippen MR) is 113 cm³/mol. The minimum absolute atomic E-state index is 0.0611. The fourth-order valence-corrected chi connectivity index (χ4v) is 2.84. The molecule has 0 fully saturated rings. The molecule has 4 N–H and O–H groups in total. The fraction of sp³-hybridized carbons (Fsp3) is 0.409. The number of hydrogen-bond donors (Lipinski definition) is 3. The summed E-state index contributed by atoms with van der Waals surface area (Å²) in [6.45, 7) is 5.68. The maximum absolute atomic E-state index is 11.8. The molecule has 0 bridgehead atoms. The number of carbonyl (C=O) groups is 1. The molecule has 2 rings (SSSR count). The van der Waals surface area contributed by atoms with Gasteiger partial charge in [0.05, 0.1) is 33.5 Å². The molecule has 0 saturated carbocycles. The number of hydrogen-bond acceptors (Lipinski definition) is 9. The predicted octanol–water partition coefficient (Wildman–Crippen LogP) is 2.66. The van der Waals surface area contributed by atoms with Crippen LogP contribution in [0.15, 0.2) is 24.3 Å². The van der Waals surface area contributed by atoms with Crippen molar-refractivity contribution in [2.24, 2.45) is 5.73 Å². The molecule has 9 heteroatoms. The number of ether oxygens (including phenoxy) is 5. The van der Waals surface area contributed by atoms with Gasteiger partial charge in [-0.2, -0.15) is 0 Å². The summed E-state index contributed by atoms with van der Waals surface area (Å²) in [4.78, 5) is 11.8. The Labute approximate surface area is 181 Å². The normalized spacial score (nSPS) is 10.7. The van der Waals surface area contributed by atoms with Crippen molar-refractivity contribution in [3.05, 3.63) is 41.0 Å². The molecule has 0 atom stereocenters. The SMILES string of the molecule is COC(=O)c1c(C)cc(Oc2cc(C)cc(O)c2OCCOCCOCCN)cc1O. The number of rotatable bonds is 12. The Morgan fingerprint density at radius 3 is 2.26 bits per heavy atom. The molecule has 0 spiro atoms. The van der Waals surface area contributed by atoms with Gasteiger partial charge in [0.2, 0.25) is 5.75 Å². The van der Waals surface area contributed by atoms with Crippen LogP contribution in [0, 0.1) is 13.8 Å². The van der Waals surface area contributed by atoms with Crippen molar-refractivity contribution >= 4 is 5.97 Å². The summed E-state index contributed by atoms with van der Waals surface area (Å²) in [7, 11) is 1.24. The molecule has 0 unspecified atom stereocenters. The Balaban J connectivity index is 2.09. The minimum Gasteiger partial charge on any atom is -0.507 e. The number of aromatic hydroxyl groups is 2. The van der Waals surface area contributed by atoms with E-state index >= 15 is 0 Å². The van der Waals surface area contributed by atoms with Crippen molar-refractivity contribution in [1.29, 1.82) is 0 Å². The Kier molecular flexibility index (Phi) is 9.39. The van der Waals surface area contributed by atoms with Crippen molar-refractivity contribution in [1.82, 2.24) is 0 Å². The van der Waals surface area contributed by atoms with Crippen LogP contribution < -0.4 is 15.2 Å². The maximum Gasteiger partial charge on any atom is 0.341 e. The number of carbonyl (C=O) groups excluding carboxylic acids is 1. The van der Waals surface area contributed by atoms with Crippen LogP contribution >= 0.6 is 0 Å². The van der Waals surface area contributed by atoms with Gasteiger partial charge in [-0.1, -0.05) is 0 Å². The van der Waals surface area contributed by atoms with E-state index in [4.69, 9.17) is 24.7 Å². The van der Waals surface area contributed by atoms with E-state index < -0.39 is 5.97 Å². The first kappa shape index (κ1) is 24.3. The lowest BCUT2D eigenvalue weighted by molar-refractivity contribution is 0.0382. The molecule has 2 aromatic carbocycles. The van der Waals surface area contributed by atoms with Gasteiger partial charge in [0.25, 0.3) is 0 Å². The van der Waals surface area contributed by atoms with E-state index in [0.717, 1.165) is 5.56 Å². The lowest BCUT2D eigenvalue weighted by atomic mass is 10.1. The van der Waals surface area contributed by atoms with Gasteiger partial charge in [-0.15, -0.1) is 0 Å². The molecule has 0 aliphatic carbocycles. The topological polar surface area (TPSA) is 130 Å². The molecule has 0 radical (unpaired) electrons. The van der Waals surface area contributed by atoms with Crippen molar-refractivity contribution in [2.75, 3.05) is 46.7 Å². The second-order valence-electron chi connectivity index (χ2n) is 6.70. The minimum atomic E-state index is -0.646. The first-order chi connectivity index (χ1) is 14.9. The Bertz CT molecular complexity index is 861. The zero-order valence-electron chi connectivity index (χ0n) is 18.0. The average Bonchev–Trinajstić information content (AvgIpc) is 2.70. The molecule has 0 aliphatic heterocycles. The van der Waals surface area contributed by atoms with E-state index in [2.05, 4.69) is 4.74 Å². The van der Waals surface area contributed by atoms with Gasteiger partial charge in [0.15, 0.2) is 11.5 Å². The summed E-state index contributed by atoms with van der Waals surface area (Å²) in [6.07, 6.45) is 0. The van der Waals surface area contributed by atoms with E-state index in [9.17, 15) is 15.0 Å². The van der Waals surface area contributed by atoms with Crippen molar-refractivity contribution < 1.29 is 38.7 Å². The smallest absolute Gasteiger partial charge is 0.341 e. The highest BCUT2D eigenvalue weighted by atomic mass is 16.6. The highest BCUT2D eigenvalue weighted by Gasteiger charge is 2.19. The van der Waals surface area contributed by atoms with Gasteiger partial charge >= 0.3 is 5.97 Å². The zero-order chi connectivity index (χ0) is 22.8. The monoisotopic (exact) mass is 435 g/mol. The molecule has 0 amide bonds. The van der Waals surface area contributed by atoms with Crippen molar-refractivity contribution in [3.63, 3.8) is 0 Å². The lowest BCUT2D eigenvalue weighted by Crippen LogP contribution is -2.14. The molecular formula is C22H29NO8. The van der Waals surface area contributed by atoms with Crippen LogP contribution in [0.25, 0.3) is 0 Å². The summed E-state index contributed by atoms with van der Waals surface area (Å²) >= 11 is 0. The molecule has 0 aromatic heterocycles. The Hall–Kier alpha value is -3.01. The van der Waals surface area contributed by atoms with E-state index in [0.29, 0.717) is 31.9 Å². The van der Waals surface area contributed by atoms with Gasteiger partial charge < -0.3 is 39.6 Å². The fourth-order valence-electron chi connectivity index (χ4n) is 2.84. The van der Waals surface area contributed by atoms with Crippen molar-refractivity contribution in [3.8, 4) is 28.7 Å². The van der Waals surface area contributed by atoms with Gasteiger partial charge in [-0.25, -0.2) is 4.79 Å². The summed E-state index contributed by atoms with van der Waals surface area (Å²) in [5.74, 6) is -0.339. The summed E-state index contributed by atoms with van der Waals surface area (Å²) in [6, 6.07) is 6.12. The van der Waals surface area contributed by atoms with Crippen LogP contribution in [0.1, 0.15) is 21.5 Å². The third kappa shape index (κ3) is 7.02. The maximum atomic E-state index is 11.8. The largest absolute Gasteiger partial charge is 0.507 e. The standard InChI is InChI=1S/C22H29NO8/c1-14-10-18(25)21(30-9-8-29-7-6-28-5-4-23)19(11-14)31-16-12-15(2)20(17(24)13-16)22(26)27-3/h10-13,24-25H,4-9,23H2,1-3H3. The summed E-state index contributed by atoms with van der Waals surface area (Å²) in [5.41, 5.74) is 6.63. The molecule has 9 nitrogen and oxygen atoms in total.